The lowest BCUT2D eigenvalue weighted by Gasteiger charge is -2.39. The molecule has 2 saturated heterocycles. The summed E-state index contributed by atoms with van der Waals surface area (Å²) in [7, 11) is 0. The van der Waals surface area contributed by atoms with Gasteiger partial charge in [-0.25, -0.2) is 4.98 Å². The molecule has 25 heavy (non-hydrogen) atoms. The normalized spacial score (nSPS) is 25.3. The molecular weight excluding hydrogens is 318 g/mol. The molecule has 2 aliphatic rings. The summed E-state index contributed by atoms with van der Waals surface area (Å²) in [5.74, 6) is 1.83. The van der Waals surface area contributed by atoms with Crippen LogP contribution in [-0.2, 0) is 16.0 Å². The van der Waals surface area contributed by atoms with Crippen LogP contribution in [0.5, 0.6) is 0 Å². The summed E-state index contributed by atoms with van der Waals surface area (Å²) in [6.07, 6.45) is 6.10. The van der Waals surface area contributed by atoms with E-state index in [1.165, 1.54) is 6.42 Å². The van der Waals surface area contributed by atoms with Crippen LogP contribution in [0.1, 0.15) is 63.7 Å². The van der Waals surface area contributed by atoms with Gasteiger partial charge in [-0.05, 0) is 38.8 Å². The molecule has 7 heteroatoms. The van der Waals surface area contributed by atoms with Crippen molar-refractivity contribution >= 4 is 5.91 Å². The monoisotopic (exact) mass is 349 g/mol. The number of nitrogens with zero attached hydrogens (tertiary/aromatic N) is 4. The number of hydrogen-bond acceptors (Lipinski definition) is 5. The Bertz CT molecular complexity index is 559. The Morgan fingerprint density at radius 1 is 1.28 bits per heavy atom. The van der Waals surface area contributed by atoms with Crippen molar-refractivity contribution in [1.82, 2.24) is 25.0 Å². The number of aryl methyl sites for hydroxylation is 1. The minimum atomic E-state index is -0.220. The van der Waals surface area contributed by atoms with Crippen molar-refractivity contribution in [2.75, 3.05) is 32.8 Å². The number of aromatic nitrogens is 3. The van der Waals surface area contributed by atoms with Crippen molar-refractivity contribution in [3.63, 3.8) is 0 Å². The Hall–Kier alpha value is -1.47. The highest BCUT2D eigenvalue weighted by Gasteiger charge is 2.35. The van der Waals surface area contributed by atoms with E-state index in [1.54, 1.807) is 0 Å². The van der Waals surface area contributed by atoms with Gasteiger partial charge in [0.25, 0.3) is 0 Å². The summed E-state index contributed by atoms with van der Waals surface area (Å²) in [6.45, 7) is 8.11. The summed E-state index contributed by atoms with van der Waals surface area (Å²) in [6, 6.07) is 0.0373. The van der Waals surface area contributed by atoms with Crippen molar-refractivity contribution in [3.05, 3.63) is 11.6 Å². The van der Waals surface area contributed by atoms with E-state index in [9.17, 15) is 4.79 Å². The smallest absolute Gasteiger partial charge is 0.240 e. The highest BCUT2D eigenvalue weighted by molar-refractivity contribution is 5.82. The van der Waals surface area contributed by atoms with Gasteiger partial charge in [-0.3, -0.25) is 14.8 Å². The van der Waals surface area contributed by atoms with Gasteiger partial charge in [-0.15, -0.1) is 0 Å². The third-order valence-electron chi connectivity index (χ3n) is 5.11. The van der Waals surface area contributed by atoms with E-state index >= 15 is 0 Å². The number of aromatic amines is 1. The fraction of sp³-hybridized carbons (Fsp3) is 0.833. The van der Waals surface area contributed by atoms with Crippen molar-refractivity contribution in [2.45, 2.75) is 64.5 Å². The Kier molecular flexibility index (Phi) is 6.42. The lowest BCUT2D eigenvalue weighted by molar-refractivity contribution is -0.146. The van der Waals surface area contributed by atoms with E-state index in [0.717, 1.165) is 51.0 Å². The van der Waals surface area contributed by atoms with Crippen LogP contribution in [-0.4, -0.2) is 69.7 Å². The summed E-state index contributed by atoms with van der Waals surface area (Å²) in [4.78, 5) is 22.0. The van der Waals surface area contributed by atoms with Gasteiger partial charge in [0.1, 0.15) is 11.9 Å². The number of carbonyl (C=O) groups is 1. The molecule has 3 rings (SSSR count). The number of ether oxygens (including phenoxy) is 1. The van der Waals surface area contributed by atoms with Crippen LogP contribution in [0.4, 0.5) is 0 Å². The second-order valence-electron chi connectivity index (χ2n) is 7.08. The molecule has 0 spiro atoms. The lowest BCUT2D eigenvalue weighted by Crippen LogP contribution is -2.54. The first kappa shape index (κ1) is 18.3. The molecule has 0 radical (unpaired) electrons. The van der Waals surface area contributed by atoms with Gasteiger partial charge < -0.3 is 9.64 Å². The Morgan fingerprint density at radius 2 is 2.16 bits per heavy atom. The van der Waals surface area contributed by atoms with Gasteiger partial charge in [0.05, 0.1) is 19.2 Å². The lowest BCUT2D eigenvalue weighted by atomic mass is 10.00. The SMILES string of the molecule is CCCc1nc([C@H]2CN(C(=O)[C@@H]3CCCCN3CCC)CCO2)n[nH]1. The third-order valence-corrected chi connectivity index (χ3v) is 5.11. The van der Waals surface area contributed by atoms with Crippen molar-refractivity contribution < 1.29 is 9.53 Å². The second-order valence-corrected chi connectivity index (χ2v) is 7.08. The number of likely N-dealkylation sites (tertiary alicyclic amines) is 1. The van der Waals surface area contributed by atoms with Crippen LogP contribution in [0.3, 0.4) is 0 Å². The number of piperidine rings is 1. The zero-order chi connectivity index (χ0) is 17.6. The molecule has 2 aliphatic heterocycles. The second kappa shape index (κ2) is 8.76. The van der Waals surface area contributed by atoms with E-state index in [2.05, 4.69) is 33.9 Å². The molecule has 0 saturated carbocycles. The first-order chi connectivity index (χ1) is 12.2. The van der Waals surface area contributed by atoms with E-state index < -0.39 is 0 Å². The zero-order valence-corrected chi connectivity index (χ0v) is 15.5. The van der Waals surface area contributed by atoms with Crippen molar-refractivity contribution in [3.8, 4) is 0 Å². The largest absolute Gasteiger partial charge is 0.366 e. The summed E-state index contributed by atoms with van der Waals surface area (Å²) >= 11 is 0. The Balaban J connectivity index is 1.64. The summed E-state index contributed by atoms with van der Waals surface area (Å²) < 4.78 is 5.85. The predicted molar refractivity (Wildman–Crippen MR) is 95.2 cm³/mol. The standard InChI is InChI=1S/C18H31N5O2/c1-3-7-16-19-17(21-20-16)15-13-23(11-12-25-15)18(24)14-8-5-6-10-22(14)9-4-2/h14-15H,3-13H2,1-2H3,(H,19,20,21)/t14-,15+/m0/s1. The number of rotatable bonds is 6. The van der Waals surface area contributed by atoms with Crippen LogP contribution in [0.2, 0.25) is 0 Å². The molecule has 0 bridgehead atoms. The van der Waals surface area contributed by atoms with Gasteiger partial charge in [0.2, 0.25) is 5.91 Å². The molecular formula is C18H31N5O2. The first-order valence-electron chi connectivity index (χ1n) is 9.78. The number of nitrogens with one attached hydrogen (secondary N) is 1. The summed E-state index contributed by atoms with van der Waals surface area (Å²) in [5.41, 5.74) is 0. The molecule has 0 aliphatic carbocycles. The first-order valence-corrected chi connectivity index (χ1v) is 9.78. The maximum atomic E-state index is 13.1. The highest BCUT2D eigenvalue weighted by atomic mass is 16.5. The van der Waals surface area contributed by atoms with Crippen LogP contribution < -0.4 is 0 Å². The van der Waals surface area contributed by atoms with Gasteiger partial charge in [-0.2, -0.15) is 5.10 Å². The molecule has 2 atom stereocenters. The molecule has 1 aromatic heterocycles. The van der Waals surface area contributed by atoms with Gasteiger partial charge in [0.15, 0.2) is 5.82 Å². The number of carbonyl (C=O) groups excluding carboxylic acids is 1. The van der Waals surface area contributed by atoms with E-state index in [0.29, 0.717) is 25.5 Å². The molecule has 7 nitrogen and oxygen atoms in total. The van der Waals surface area contributed by atoms with Crippen LogP contribution >= 0.6 is 0 Å². The van der Waals surface area contributed by atoms with Gasteiger partial charge in [-0.1, -0.05) is 20.3 Å². The molecule has 1 N–H and O–H groups in total. The molecule has 0 aromatic carbocycles. The molecule has 1 amide bonds. The fourth-order valence-electron chi connectivity index (χ4n) is 3.84. The number of morpholine rings is 1. The van der Waals surface area contributed by atoms with Crippen LogP contribution in [0, 0.1) is 0 Å². The summed E-state index contributed by atoms with van der Waals surface area (Å²) in [5, 5.41) is 7.28. The highest BCUT2D eigenvalue weighted by Crippen LogP contribution is 2.24. The zero-order valence-electron chi connectivity index (χ0n) is 15.5. The maximum absolute atomic E-state index is 13.1. The topological polar surface area (TPSA) is 74.3 Å². The van der Waals surface area contributed by atoms with E-state index in [-0.39, 0.29) is 18.1 Å². The number of H-pyrrole nitrogens is 1. The van der Waals surface area contributed by atoms with E-state index in [1.807, 2.05) is 4.90 Å². The molecule has 140 valence electrons. The maximum Gasteiger partial charge on any atom is 0.240 e. The fourth-order valence-corrected chi connectivity index (χ4v) is 3.84. The molecule has 1 aromatic rings. The predicted octanol–water partition coefficient (Wildman–Crippen LogP) is 1.92. The van der Waals surface area contributed by atoms with Gasteiger partial charge in [0, 0.05) is 13.0 Å². The average molecular weight is 349 g/mol. The van der Waals surface area contributed by atoms with Crippen LogP contribution in [0.15, 0.2) is 0 Å². The molecule has 0 unspecified atom stereocenters. The number of amides is 1. The third kappa shape index (κ3) is 4.39. The quantitative estimate of drug-likeness (QED) is 0.849. The Morgan fingerprint density at radius 3 is 2.96 bits per heavy atom. The minimum Gasteiger partial charge on any atom is -0.366 e. The van der Waals surface area contributed by atoms with Crippen molar-refractivity contribution in [1.29, 1.82) is 0 Å². The number of hydrogen-bond donors (Lipinski definition) is 1. The Labute approximate surface area is 150 Å². The van der Waals surface area contributed by atoms with Crippen LogP contribution in [0.25, 0.3) is 0 Å². The van der Waals surface area contributed by atoms with E-state index in [4.69, 9.17) is 4.74 Å². The molecule has 2 fully saturated rings. The van der Waals surface area contributed by atoms with Gasteiger partial charge >= 0.3 is 0 Å². The van der Waals surface area contributed by atoms with Crippen molar-refractivity contribution in [2.24, 2.45) is 0 Å². The minimum absolute atomic E-state index is 0.0373. The molecule has 3 heterocycles. The average Bonchev–Trinajstić information content (AvgIpc) is 3.11.